The highest BCUT2D eigenvalue weighted by Crippen LogP contribution is 2.40. The van der Waals surface area contributed by atoms with Crippen LogP contribution in [-0.4, -0.2) is 110 Å². The van der Waals surface area contributed by atoms with E-state index < -0.39 is 11.9 Å². The lowest BCUT2D eigenvalue weighted by atomic mass is 10.0. The number of fused-ring (bicyclic) bond motifs is 2. The average Bonchev–Trinajstić information content (AvgIpc) is 3.92. The second kappa shape index (κ2) is 20.0. The Balaban J connectivity index is 0.791. The van der Waals surface area contributed by atoms with Crippen LogP contribution in [0.25, 0.3) is 0 Å². The lowest BCUT2D eigenvalue weighted by Gasteiger charge is -2.43. The number of benzene rings is 2. The van der Waals surface area contributed by atoms with Gasteiger partial charge in [0.15, 0.2) is 5.82 Å². The van der Waals surface area contributed by atoms with E-state index in [1.807, 2.05) is 13.0 Å². The number of piperidine rings is 1. The van der Waals surface area contributed by atoms with Crippen LogP contribution in [0.1, 0.15) is 103 Å². The number of methoxy groups -OCH3 is 1. The molecule has 1 unspecified atom stereocenters. The van der Waals surface area contributed by atoms with Crippen molar-refractivity contribution in [2.45, 2.75) is 95.8 Å². The maximum Gasteiger partial charge on any atom is 0.255 e. The minimum atomic E-state index is -0.656. The molecular formula is C45H55N9O7. The number of ether oxygens (including phenoxy) is 2. The molecule has 2 fully saturated rings. The monoisotopic (exact) mass is 833 g/mol. The van der Waals surface area contributed by atoms with Gasteiger partial charge in [-0.25, -0.2) is 4.98 Å². The summed E-state index contributed by atoms with van der Waals surface area (Å²) in [6, 6.07) is 9.98. The number of carbonyl (C=O) groups excluding carboxylic acids is 5. The van der Waals surface area contributed by atoms with Crippen LogP contribution >= 0.6 is 0 Å². The minimum Gasteiger partial charge on any atom is -0.495 e. The summed E-state index contributed by atoms with van der Waals surface area (Å²) in [5.41, 5.74) is 3.90. The van der Waals surface area contributed by atoms with Crippen LogP contribution in [0.4, 0.5) is 23.1 Å². The SMILES string of the molecule is CC[C@@H]1C(=O)N(C)c2cnc(Nc3ccc(C(=O)NCCCNCCCOCCC#Cc4cccc5c4CN(C4CCC(=O)NC4=O)C5=O)cc3OC)nc2N1C1CCCC1. The highest BCUT2D eigenvalue weighted by molar-refractivity contribution is 6.06. The van der Waals surface area contributed by atoms with Gasteiger partial charge in [-0.1, -0.05) is 37.7 Å². The largest absolute Gasteiger partial charge is 0.495 e. The lowest BCUT2D eigenvalue weighted by molar-refractivity contribution is -0.137. The van der Waals surface area contributed by atoms with Crippen LogP contribution in [0.3, 0.4) is 0 Å². The first kappa shape index (κ1) is 43.1. The first-order valence-corrected chi connectivity index (χ1v) is 21.4. The Kier molecular flexibility index (Phi) is 14.1. The second-order valence-corrected chi connectivity index (χ2v) is 15.7. The predicted octanol–water partition coefficient (Wildman–Crippen LogP) is 4.05. The summed E-state index contributed by atoms with van der Waals surface area (Å²) in [7, 11) is 3.33. The Morgan fingerprint density at radius 1 is 1.02 bits per heavy atom. The number of carbonyl (C=O) groups is 5. The molecule has 4 aliphatic rings. The third kappa shape index (κ3) is 9.79. The topological polar surface area (TPSA) is 187 Å². The Labute approximate surface area is 356 Å². The smallest absolute Gasteiger partial charge is 0.255 e. The fourth-order valence-electron chi connectivity index (χ4n) is 8.53. The summed E-state index contributed by atoms with van der Waals surface area (Å²) < 4.78 is 11.4. The molecule has 3 aliphatic heterocycles. The Hall–Kier alpha value is -6.05. The zero-order valence-corrected chi connectivity index (χ0v) is 35.2. The summed E-state index contributed by atoms with van der Waals surface area (Å²) in [6.45, 7) is 5.43. The molecule has 4 N–H and O–H groups in total. The molecule has 0 bridgehead atoms. The molecule has 2 aromatic carbocycles. The molecular weight excluding hydrogens is 779 g/mol. The van der Waals surface area contributed by atoms with Gasteiger partial charge >= 0.3 is 0 Å². The van der Waals surface area contributed by atoms with Crippen molar-refractivity contribution in [3.8, 4) is 17.6 Å². The van der Waals surface area contributed by atoms with Crippen LogP contribution in [-0.2, 0) is 25.7 Å². The minimum absolute atomic E-state index is 0.0647. The summed E-state index contributed by atoms with van der Waals surface area (Å²) in [4.78, 5) is 78.1. The van der Waals surface area contributed by atoms with Crippen molar-refractivity contribution in [1.82, 2.24) is 30.8 Å². The van der Waals surface area contributed by atoms with E-state index in [1.165, 1.54) is 4.90 Å². The predicted molar refractivity (Wildman–Crippen MR) is 230 cm³/mol. The van der Waals surface area contributed by atoms with Gasteiger partial charge in [0, 0.05) is 62.3 Å². The van der Waals surface area contributed by atoms with Gasteiger partial charge in [0.2, 0.25) is 23.7 Å². The Bertz CT molecular complexity index is 2200. The quantitative estimate of drug-likeness (QED) is 0.0870. The van der Waals surface area contributed by atoms with Crippen molar-refractivity contribution in [3.63, 3.8) is 0 Å². The highest BCUT2D eigenvalue weighted by atomic mass is 16.5. The fraction of sp³-hybridized carbons (Fsp3) is 0.489. The highest BCUT2D eigenvalue weighted by Gasteiger charge is 2.42. The van der Waals surface area contributed by atoms with E-state index in [4.69, 9.17) is 14.5 Å². The van der Waals surface area contributed by atoms with Crippen LogP contribution < -0.4 is 35.8 Å². The standard InChI is InChI=1S/C45H55N9O7/c1-4-35-44(59)52(2)37-27-48-45(51-40(37)54(35)31-14-5-6-15-31)49-34-18-17-30(26-38(34)60-3)41(56)47-23-10-21-46-22-11-25-61-24-8-7-12-29-13-9-16-32-33(29)28-53(43(32)58)36-19-20-39(55)50-42(36)57/h9,13,16-18,26-27,31,35-36,46H,4-6,8,10-11,14-15,19-25,28H2,1-3H3,(H,47,56)(H,48,49,51)(H,50,55,57)/t35-,36?/m1/s1. The number of nitrogens with one attached hydrogen (secondary N) is 4. The maximum atomic E-state index is 13.2. The third-order valence-electron chi connectivity index (χ3n) is 11.8. The number of hydrogen-bond acceptors (Lipinski definition) is 12. The van der Waals surface area contributed by atoms with Gasteiger partial charge in [0.1, 0.15) is 23.5 Å². The van der Waals surface area contributed by atoms with Gasteiger partial charge in [0.25, 0.3) is 11.8 Å². The van der Waals surface area contributed by atoms with Crippen LogP contribution in [0, 0.1) is 11.8 Å². The zero-order valence-electron chi connectivity index (χ0n) is 35.2. The van der Waals surface area contributed by atoms with Crippen molar-refractivity contribution in [3.05, 3.63) is 64.8 Å². The van der Waals surface area contributed by atoms with Gasteiger partial charge in [-0.05, 0) is 87.5 Å². The lowest BCUT2D eigenvalue weighted by Crippen LogP contribution is -2.55. The van der Waals surface area contributed by atoms with E-state index in [0.29, 0.717) is 79.8 Å². The molecule has 1 aromatic heterocycles. The molecule has 1 aliphatic carbocycles. The number of anilines is 4. The van der Waals surface area contributed by atoms with E-state index in [1.54, 1.807) is 55.6 Å². The molecule has 2 atom stereocenters. The van der Waals surface area contributed by atoms with E-state index >= 15 is 0 Å². The first-order chi connectivity index (χ1) is 29.7. The van der Waals surface area contributed by atoms with Crippen LogP contribution in [0.5, 0.6) is 5.75 Å². The molecule has 322 valence electrons. The van der Waals surface area contributed by atoms with Gasteiger partial charge < -0.3 is 40.1 Å². The second-order valence-electron chi connectivity index (χ2n) is 15.7. The number of rotatable bonds is 17. The molecule has 5 amide bonds. The van der Waals surface area contributed by atoms with Gasteiger partial charge in [-0.2, -0.15) is 4.98 Å². The van der Waals surface area contributed by atoms with Gasteiger partial charge in [-0.15, -0.1) is 0 Å². The zero-order chi connectivity index (χ0) is 42.9. The van der Waals surface area contributed by atoms with E-state index in [9.17, 15) is 24.0 Å². The van der Waals surface area contributed by atoms with Crippen molar-refractivity contribution < 1.29 is 33.4 Å². The summed E-state index contributed by atoms with van der Waals surface area (Å²) in [5, 5.41) is 12.0. The summed E-state index contributed by atoms with van der Waals surface area (Å²) >= 11 is 0. The molecule has 1 saturated carbocycles. The molecule has 4 heterocycles. The number of likely N-dealkylation sites (N-methyl/N-ethyl adjacent to an activating group) is 1. The van der Waals surface area contributed by atoms with E-state index in [-0.39, 0.29) is 42.1 Å². The number of hydrogen-bond donors (Lipinski definition) is 4. The fourth-order valence-corrected chi connectivity index (χ4v) is 8.53. The van der Waals surface area contributed by atoms with Crippen molar-refractivity contribution >= 4 is 52.7 Å². The molecule has 16 heteroatoms. The number of amides is 5. The molecule has 61 heavy (non-hydrogen) atoms. The van der Waals surface area contributed by atoms with Crippen LogP contribution in [0.15, 0.2) is 42.6 Å². The van der Waals surface area contributed by atoms with Gasteiger partial charge in [-0.3, -0.25) is 29.3 Å². The van der Waals surface area contributed by atoms with Crippen LogP contribution in [0.2, 0.25) is 0 Å². The molecule has 0 spiro atoms. The van der Waals surface area contributed by atoms with Crippen molar-refractivity contribution in [2.24, 2.45) is 0 Å². The third-order valence-corrected chi connectivity index (χ3v) is 11.8. The summed E-state index contributed by atoms with van der Waals surface area (Å²) in [6.07, 6.45) is 9.40. The van der Waals surface area contributed by atoms with Crippen molar-refractivity contribution in [2.75, 3.05) is 62.1 Å². The van der Waals surface area contributed by atoms with E-state index in [2.05, 4.69) is 43.0 Å². The average molecular weight is 834 g/mol. The summed E-state index contributed by atoms with van der Waals surface area (Å²) in [5.74, 6) is 6.84. The number of aromatic nitrogens is 2. The van der Waals surface area contributed by atoms with E-state index in [0.717, 1.165) is 68.6 Å². The maximum absolute atomic E-state index is 13.2. The molecule has 3 aromatic rings. The molecule has 7 rings (SSSR count). The first-order valence-electron chi connectivity index (χ1n) is 21.4. The number of imide groups is 1. The molecule has 0 radical (unpaired) electrons. The molecule has 16 nitrogen and oxygen atoms in total. The Morgan fingerprint density at radius 2 is 1.84 bits per heavy atom. The normalized spacial score (nSPS) is 18.7. The molecule has 1 saturated heterocycles. The number of nitrogens with zero attached hydrogens (tertiary/aromatic N) is 5. The Morgan fingerprint density at radius 3 is 2.62 bits per heavy atom. The van der Waals surface area contributed by atoms with Crippen molar-refractivity contribution in [1.29, 1.82) is 0 Å². The van der Waals surface area contributed by atoms with Gasteiger partial charge in [0.05, 0.1) is 25.6 Å².